The van der Waals surface area contributed by atoms with Gasteiger partial charge in [0.05, 0.1) is 25.4 Å². The van der Waals surface area contributed by atoms with Gasteiger partial charge in [-0.15, -0.1) is 0 Å². The van der Waals surface area contributed by atoms with E-state index in [9.17, 15) is 19.8 Å². The lowest BCUT2D eigenvalue weighted by molar-refractivity contribution is -0.143. The summed E-state index contributed by atoms with van der Waals surface area (Å²) in [7, 11) is 0. The van der Waals surface area contributed by atoms with E-state index in [1.54, 1.807) is 0 Å². The maximum atomic E-state index is 12.4. The van der Waals surface area contributed by atoms with Crippen LogP contribution in [0.4, 0.5) is 0 Å². The minimum atomic E-state index is -0.670. The number of nitrogens with one attached hydrogen (secondary N) is 1. The second-order valence-corrected chi connectivity index (χ2v) is 18.6. The number of hydrogen-bond acceptors (Lipinski definition) is 5. The number of rotatable bonds is 50. The Labute approximate surface area is 380 Å². The number of hydrogen-bond donors (Lipinski definition) is 3. The quantitative estimate of drug-likeness (QED) is 0.0322. The van der Waals surface area contributed by atoms with Gasteiger partial charge in [-0.2, -0.15) is 0 Å². The second kappa shape index (κ2) is 51.0. The summed E-state index contributed by atoms with van der Waals surface area (Å²) in [4.78, 5) is 24.5. The van der Waals surface area contributed by atoms with Crippen molar-refractivity contribution < 1.29 is 24.5 Å². The van der Waals surface area contributed by atoms with Crippen LogP contribution < -0.4 is 5.32 Å². The number of carbonyl (C=O) groups is 2. The Balaban J connectivity index is 3.44. The van der Waals surface area contributed by atoms with E-state index in [0.717, 1.165) is 57.8 Å². The topological polar surface area (TPSA) is 95.9 Å². The lowest BCUT2D eigenvalue weighted by atomic mass is 10.0. The molecule has 0 aromatic heterocycles. The molecule has 0 aliphatic heterocycles. The van der Waals surface area contributed by atoms with E-state index in [4.69, 9.17) is 4.74 Å². The van der Waals surface area contributed by atoms with Crippen molar-refractivity contribution in [3.8, 4) is 0 Å². The summed E-state index contributed by atoms with van der Waals surface area (Å²) in [5, 5.41) is 23.1. The van der Waals surface area contributed by atoms with Crippen molar-refractivity contribution in [3.63, 3.8) is 0 Å². The van der Waals surface area contributed by atoms with E-state index in [1.807, 2.05) is 0 Å². The summed E-state index contributed by atoms with van der Waals surface area (Å²) in [6.45, 7) is 4.92. The molecule has 6 nitrogen and oxygen atoms in total. The van der Waals surface area contributed by atoms with Gasteiger partial charge in [-0.25, -0.2) is 0 Å². The fourth-order valence-corrected chi connectivity index (χ4v) is 8.28. The van der Waals surface area contributed by atoms with Crippen LogP contribution in [0.25, 0.3) is 0 Å². The van der Waals surface area contributed by atoms with E-state index in [0.29, 0.717) is 25.9 Å². The third kappa shape index (κ3) is 47.7. The first-order chi connectivity index (χ1) is 30.0. The van der Waals surface area contributed by atoms with Gasteiger partial charge in [-0.05, 0) is 77.0 Å². The lowest BCUT2D eigenvalue weighted by Crippen LogP contribution is -2.45. The predicted molar refractivity (Wildman–Crippen MR) is 264 cm³/mol. The summed E-state index contributed by atoms with van der Waals surface area (Å²) >= 11 is 0. The second-order valence-electron chi connectivity index (χ2n) is 18.6. The average molecular weight is 860 g/mol. The van der Waals surface area contributed by atoms with E-state index in [-0.39, 0.29) is 18.5 Å². The van der Waals surface area contributed by atoms with E-state index in [2.05, 4.69) is 43.5 Å². The Hall–Kier alpha value is -1.66. The highest BCUT2D eigenvalue weighted by Crippen LogP contribution is 2.16. The van der Waals surface area contributed by atoms with Gasteiger partial charge in [-0.3, -0.25) is 9.59 Å². The molecule has 0 heterocycles. The molecule has 0 saturated heterocycles. The highest BCUT2D eigenvalue weighted by Gasteiger charge is 2.20. The summed E-state index contributed by atoms with van der Waals surface area (Å²) in [6, 6.07) is -0.549. The Morgan fingerprint density at radius 3 is 1.16 bits per heavy atom. The molecule has 0 spiro atoms. The number of ether oxygens (including phenoxy) is 1. The van der Waals surface area contributed by atoms with E-state index >= 15 is 0 Å². The normalized spacial score (nSPS) is 12.8. The van der Waals surface area contributed by atoms with Crippen molar-refractivity contribution in [1.29, 1.82) is 0 Å². The first kappa shape index (κ1) is 59.3. The maximum absolute atomic E-state index is 12.4. The molecule has 360 valence electrons. The number of amides is 1. The van der Waals surface area contributed by atoms with Gasteiger partial charge in [0.25, 0.3) is 0 Å². The first-order valence-corrected chi connectivity index (χ1v) is 27.1. The number of unbranched alkanes of at least 4 members (excludes halogenated alkanes) is 35. The molecule has 61 heavy (non-hydrogen) atoms. The number of allylic oxidation sites excluding steroid dienone is 4. The minimum Gasteiger partial charge on any atom is -0.466 e. The van der Waals surface area contributed by atoms with Crippen LogP contribution in [0, 0.1) is 0 Å². The summed E-state index contributed by atoms with van der Waals surface area (Å²) in [5.74, 6) is -0.0577. The molecular weight excluding hydrogens is 755 g/mol. The zero-order valence-corrected chi connectivity index (χ0v) is 40.9. The van der Waals surface area contributed by atoms with Gasteiger partial charge in [0.15, 0.2) is 0 Å². The van der Waals surface area contributed by atoms with Gasteiger partial charge in [-0.1, -0.05) is 224 Å². The Morgan fingerprint density at radius 1 is 0.443 bits per heavy atom. The zero-order valence-electron chi connectivity index (χ0n) is 40.9. The van der Waals surface area contributed by atoms with Gasteiger partial charge < -0.3 is 20.3 Å². The molecule has 0 fully saturated rings. The van der Waals surface area contributed by atoms with Gasteiger partial charge in [0, 0.05) is 12.8 Å². The van der Waals surface area contributed by atoms with Crippen LogP contribution in [0.2, 0.25) is 0 Å². The highest BCUT2D eigenvalue weighted by atomic mass is 16.5. The van der Waals surface area contributed by atoms with Crippen molar-refractivity contribution in [1.82, 2.24) is 5.32 Å². The number of carbonyl (C=O) groups excluding carboxylic acids is 2. The average Bonchev–Trinajstić information content (AvgIpc) is 3.26. The van der Waals surface area contributed by atoms with Crippen molar-refractivity contribution in [2.75, 3.05) is 13.2 Å². The molecule has 3 N–H and O–H groups in total. The number of esters is 1. The molecule has 2 atom stereocenters. The van der Waals surface area contributed by atoms with Crippen LogP contribution in [0.15, 0.2) is 24.3 Å². The highest BCUT2D eigenvalue weighted by molar-refractivity contribution is 5.76. The molecule has 0 aliphatic carbocycles. The summed E-state index contributed by atoms with van der Waals surface area (Å²) in [6.07, 6.45) is 60.1. The van der Waals surface area contributed by atoms with Crippen LogP contribution in [0.3, 0.4) is 0 Å². The van der Waals surface area contributed by atoms with Crippen molar-refractivity contribution in [2.45, 2.75) is 302 Å². The van der Waals surface area contributed by atoms with Crippen LogP contribution in [0.5, 0.6) is 0 Å². The Bertz CT molecular complexity index is 951. The van der Waals surface area contributed by atoms with E-state index < -0.39 is 12.1 Å². The molecule has 0 aromatic rings. The maximum Gasteiger partial charge on any atom is 0.305 e. The van der Waals surface area contributed by atoms with Gasteiger partial charge in [0.1, 0.15) is 0 Å². The number of aliphatic hydroxyl groups is 2. The van der Waals surface area contributed by atoms with Crippen LogP contribution >= 0.6 is 0 Å². The molecule has 0 aliphatic rings. The molecule has 1 amide bonds. The van der Waals surface area contributed by atoms with Crippen molar-refractivity contribution in [2.24, 2.45) is 0 Å². The van der Waals surface area contributed by atoms with Gasteiger partial charge in [0.2, 0.25) is 5.91 Å². The Kier molecular flexibility index (Phi) is 49.6. The fraction of sp³-hybridized carbons (Fsp3) is 0.891. The van der Waals surface area contributed by atoms with Gasteiger partial charge >= 0.3 is 5.97 Å². The third-order valence-electron chi connectivity index (χ3n) is 12.5. The van der Waals surface area contributed by atoms with Crippen molar-refractivity contribution in [3.05, 3.63) is 24.3 Å². The fourth-order valence-electron chi connectivity index (χ4n) is 8.28. The van der Waals surface area contributed by atoms with Crippen molar-refractivity contribution >= 4 is 11.9 Å². The molecule has 6 heteroatoms. The SMILES string of the molecule is CCCCCCCCC/C=C\CCCCCCCC(=O)OCCCCCCCC/C=C\CCCCCCCCCC(=O)NC(CO)C(O)CCCCCCCCCCCCC. The molecule has 0 radical (unpaired) electrons. The monoisotopic (exact) mass is 860 g/mol. The molecule has 0 aromatic carbocycles. The summed E-state index contributed by atoms with van der Waals surface area (Å²) in [5.41, 5.74) is 0. The molecule has 0 bridgehead atoms. The standard InChI is InChI=1S/C55H105NO5/c1-3-5-7-9-11-13-15-16-17-22-25-29-33-37-41-45-49-55(60)61-50-46-42-38-34-30-26-23-20-18-19-21-24-28-32-36-40-44-48-54(59)56-52(51-57)53(58)47-43-39-35-31-27-14-12-10-8-6-4-2/h17-18,20,22,52-53,57-58H,3-16,19,21,23-51H2,1-2H3,(H,56,59)/b20-18-,22-17-. The molecule has 0 rings (SSSR count). The van der Waals surface area contributed by atoms with Crippen LogP contribution in [-0.4, -0.2) is 47.4 Å². The molecule has 2 unspecified atom stereocenters. The van der Waals surface area contributed by atoms with Crippen LogP contribution in [0.1, 0.15) is 290 Å². The predicted octanol–water partition coefficient (Wildman–Crippen LogP) is 16.3. The largest absolute Gasteiger partial charge is 0.466 e. The third-order valence-corrected chi connectivity index (χ3v) is 12.5. The first-order valence-electron chi connectivity index (χ1n) is 27.1. The molecule has 0 saturated carbocycles. The zero-order chi connectivity index (χ0) is 44.4. The van der Waals surface area contributed by atoms with E-state index in [1.165, 1.54) is 199 Å². The minimum absolute atomic E-state index is 0.00939. The molecular formula is C55H105NO5. The van der Waals surface area contributed by atoms with Crippen LogP contribution in [-0.2, 0) is 14.3 Å². The smallest absolute Gasteiger partial charge is 0.305 e. The number of aliphatic hydroxyl groups excluding tert-OH is 2. The lowest BCUT2D eigenvalue weighted by Gasteiger charge is -2.22. The Morgan fingerprint density at radius 2 is 0.770 bits per heavy atom. The summed E-state index contributed by atoms with van der Waals surface area (Å²) < 4.78 is 5.46.